The summed E-state index contributed by atoms with van der Waals surface area (Å²) in [5, 5.41) is 16.9. The number of hydrogen-bond acceptors (Lipinski definition) is 8. The summed E-state index contributed by atoms with van der Waals surface area (Å²) in [7, 11) is 0. The van der Waals surface area contributed by atoms with Crippen LogP contribution in [0.5, 0.6) is 0 Å². The smallest absolute Gasteiger partial charge is 0.336 e. The van der Waals surface area contributed by atoms with Crippen LogP contribution in [0.2, 0.25) is 0 Å². The van der Waals surface area contributed by atoms with E-state index < -0.39 is 34.3 Å². The molecular weight excluding hydrogens is 430 g/mol. The highest BCUT2D eigenvalue weighted by Crippen LogP contribution is 2.39. The van der Waals surface area contributed by atoms with Gasteiger partial charge in [0.05, 0.1) is 23.0 Å². The fraction of sp³-hybridized carbons (Fsp3) is 0.435. The van der Waals surface area contributed by atoms with E-state index in [2.05, 4.69) is 10.6 Å². The molecule has 0 saturated carbocycles. The third-order valence-electron chi connectivity index (χ3n) is 4.73. The molecule has 1 aromatic rings. The summed E-state index contributed by atoms with van der Waals surface area (Å²) in [6.45, 7) is 9.83. The predicted molar refractivity (Wildman–Crippen MR) is 120 cm³/mol. The normalized spacial score (nSPS) is 16.1. The Morgan fingerprint density at radius 1 is 1.15 bits per heavy atom. The van der Waals surface area contributed by atoms with Gasteiger partial charge < -0.3 is 20.1 Å². The first-order chi connectivity index (χ1) is 15.4. The number of nitro benzene ring substituents is 1. The van der Waals surface area contributed by atoms with Crippen LogP contribution >= 0.6 is 0 Å². The van der Waals surface area contributed by atoms with E-state index in [9.17, 15) is 24.5 Å². The Morgan fingerprint density at radius 3 is 2.36 bits per heavy atom. The summed E-state index contributed by atoms with van der Waals surface area (Å²) >= 11 is 0. The fourth-order valence-electron chi connectivity index (χ4n) is 3.55. The second-order valence-electron chi connectivity index (χ2n) is 8.48. The molecule has 1 aromatic carbocycles. The van der Waals surface area contributed by atoms with Gasteiger partial charge in [0.1, 0.15) is 12.1 Å². The Hall–Kier alpha value is -3.69. The van der Waals surface area contributed by atoms with E-state index in [4.69, 9.17) is 9.47 Å². The van der Waals surface area contributed by atoms with Gasteiger partial charge in [0.2, 0.25) is 5.91 Å². The minimum atomic E-state index is -0.941. The number of dihydropyridines is 1. The number of carbonyl (C=O) groups excluding carboxylic acids is 3. The molecule has 0 unspecified atom stereocenters. The Morgan fingerprint density at radius 2 is 1.79 bits per heavy atom. The van der Waals surface area contributed by atoms with E-state index >= 15 is 0 Å². The van der Waals surface area contributed by atoms with Crippen molar-refractivity contribution in [2.45, 2.75) is 53.1 Å². The molecule has 0 bridgehead atoms. The van der Waals surface area contributed by atoms with Gasteiger partial charge in [0.15, 0.2) is 0 Å². The van der Waals surface area contributed by atoms with E-state index in [1.54, 1.807) is 47.6 Å². The number of ether oxygens (including phenoxy) is 2. The van der Waals surface area contributed by atoms with Crippen molar-refractivity contribution in [2.75, 3.05) is 13.2 Å². The Bertz CT molecular complexity index is 1030. The summed E-state index contributed by atoms with van der Waals surface area (Å²) in [5.41, 5.74) is 0.683. The van der Waals surface area contributed by atoms with Gasteiger partial charge in [0.25, 0.3) is 5.69 Å². The number of hydrogen-bond donors (Lipinski definition) is 2. The largest absolute Gasteiger partial charge is 0.463 e. The highest BCUT2D eigenvalue weighted by atomic mass is 16.6. The van der Waals surface area contributed by atoms with Crippen LogP contribution in [0.4, 0.5) is 5.69 Å². The number of allylic oxidation sites excluding steroid dienone is 2. The molecule has 0 radical (unpaired) electrons. The molecule has 1 heterocycles. The number of carbonyl (C=O) groups is 3. The third kappa shape index (κ3) is 6.41. The molecule has 0 aliphatic carbocycles. The Kier molecular flexibility index (Phi) is 7.97. The molecule has 0 fully saturated rings. The molecule has 10 heteroatoms. The molecule has 1 aliphatic heterocycles. The van der Waals surface area contributed by atoms with Crippen molar-refractivity contribution in [1.82, 2.24) is 10.6 Å². The Labute approximate surface area is 192 Å². The van der Waals surface area contributed by atoms with Crippen molar-refractivity contribution < 1.29 is 28.8 Å². The van der Waals surface area contributed by atoms with Crippen LogP contribution in [0.3, 0.4) is 0 Å². The second kappa shape index (κ2) is 10.3. The first-order valence-corrected chi connectivity index (χ1v) is 10.5. The van der Waals surface area contributed by atoms with Crippen LogP contribution in [0.15, 0.2) is 46.8 Å². The quantitative estimate of drug-likeness (QED) is 0.361. The molecule has 10 nitrogen and oxygen atoms in total. The number of amides is 1. The lowest BCUT2D eigenvalue weighted by Gasteiger charge is -2.31. The number of rotatable bonds is 7. The molecule has 1 amide bonds. The number of nitro groups is 1. The van der Waals surface area contributed by atoms with Gasteiger partial charge in [-0.3, -0.25) is 19.7 Å². The summed E-state index contributed by atoms with van der Waals surface area (Å²) in [6, 6.07) is 5.73. The second-order valence-corrected chi connectivity index (χ2v) is 8.48. The summed E-state index contributed by atoms with van der Waals surface area (Å²) in [5.74, 6) is -2.83. The van der Waals surface area contributed by atoms with Gasteiger partial charge in [-0.2, -0.15) is 0 Å². The van der Waals surface area contributed by atoms with Gasteiger partial charge in [-0.15, -0.1) is 0 Å². The van der Waals surface area contributed by atoms with Crippen molar-refractivity contribution in [3.63, 3.8) is 0 Å². The van der Waals surface area contributed by atoms with E-state index in [1.165, 1.54) is 18.2 Å². The number of benzene rings is 1. The van der Waals surface area contributed by atoms with E-state index in [0.717, 1.165) is 0 Å². The van der Waals surface area contributed by atoms with Gasteiger partial charge in [-0.1, -0.05) is 12.1 Å². The maximum Gasteiger partial charge on any atom is 0.336 e. The van der Waals surface area contributed by atoms with Crippen LogP contribution < -0.4 is 10.6 Å². The first kappa shape index (κ1) is 25.6. The molecule has 0 saturated heterocycles. The summed E-state index contributed by atoms with van der Waals surface area (Å²) in [6.07, 6.45) is 0. The molecule has 0 aromatic heterocycles. The van der Waals surface area contributed by atoms with Crippen molar-refractivity contribution >= 4 is 23.5 Å². The van der Waals surface area contributed by atoms with Crippen molar-refractivity contribution in [2.24, 2.45) is 0 Å². The predicted octanol–water partition coefficient (Wildman–Crippen LogP) is 2.85. The van der Waals surface area contributed by atoms with Gasteiger partial charge in [0, 0.05) is 29.1 Å². The molecule has 2 rings (SSSR count). The summed E-state index contributed by atoms with van der Waals surface area (Å²) in [4.78, 5) is 48.9. The van der Waals surface area contributed by atoms with E-state index in [0.29, 0.717) is 17.0 Å². The zero-order valence-electron chi connectivity index (χ0n) is 19.6. The van der Waals surface area contributed by atoms with Gasteiger partial charge in [-0.25, -0.2) is 4.79 Å². The first-order valence-electron chi connectivity index (χ1n) is 10.5. The average molecular weight is 459 g/mol. The molecule has 1 aliphatic rings. The van der Waals surface area contributed by atoms with Crippen molar-refractivity contribution in [3.8, 4) is 0 Å². The summed E-state index contributed by atoms with van der Waals surface area (Å²) < 4.78 is 10.4. The maximum atomic E-state index is 13.2. The number of nitrogens with one attached hydrogen (secondary N) is 2. The molecule has 178 valence electrons. The van der Waals surface area contributed by atoms with Crippen molar-refractivity contribution in [1.29, 1.82) is 0 Å². The van der Waals surface area contributed by atoms with E-state index in [-0.39, 0.29) is 30.0 Å². The van der Waals surface area contributed by atoms with Crippen LogP contribution in [0.25, 0.3) is 0 Å². The van der Waals surface area contributed by atoms with Crippen LogP contribution in [-0.2, 0) is 23.9 Å². The number of non-ortho nitro benzene ring substituents is 1. The minimum Gasteiger partial charge on any atom is -0.463 e. The lowest BCUT2D eigenvalue weighted by molar-refractivity contribution is -0.384. The minimum absolute atomic E-state index is 0.111. The molecule has 1 atom stereocenters. The SMILES string of the molecule is CCOC(=O)C1=C(C)NC(C)=C(C(=O)NCC(=O)OC(C)(C)C)[C@@H]1c1cccc([N+](=O)[O-])c1. The van der Waals surface area contributed by atoms with Gasteiger partial charge in [-0.05, 0) is 47.1 Å². The monoisotopic (exact) mass is 459 g/mol. The topological polar surface area (TPSA) is 137 Å². The lowest BCUT2D eigenvalue weighted by Crippen LogP contribution is -2.39. The Balaban J connectivity index is 2.50. The lowest BCUT2D eigenvalue weighted by atomic mass is 9.80. The molecular formula is C23H29N3O7. The van der Waals surface area contributed by atoms with E-state index in [1.807, 2.05) is 0 Å². The number of nitrogens with zero attached hydrogens (tertiary/aromatic N) is 1. The van der Waals surface area contributed by atoms with Crippen LogP contribution in [-0.4, -0.2) is 41.5 Å². The van der Waals surface area contributed by atoms with Crippen molar-refractivity contribution in [3.05, 3.63) is 62.5 Å². The average Bonchev–Trinajstić information content (AvgIpc) is 2.70. The third-order valence-corrected chi connectivity index (χ3v) is 4.73. The van der Waals surface area contributed by atoms with Gasteiger partial charge >= 0.3 is 11.9 Å². The number of esters is 2. The standard InChI is InChI=1S/C23H29N3O7/c1-7-32-22(29)19-14(3)25-13(2)18(21(28)24-12-17(27)33-23(4,5)6)20(19)15-9-8-10-16(11-15)26(30)31/h8-11,20,25H,7,12H2,1-6H3,(H,24,28)/t20-/m0/s1. The zero-order valence-corrected chi connectivity index (χ0v) is 19.6. The molecule has 0 spiro atoms. The molecule has 2 N–H and O–H groups in total. The zero-order chi connectivity index (χ0) is 24.9. The van der Waals surface area contributed by atoms with Crippen LogP contribution in [0.1, 0.15) is 53.0 Å². The highest BCUT2D eigenvalue weighted by molar-refractivity contribution is 6.02. The maximum absolute atomic E-state index is 13.2. The van der Waals surface area contributed by atoms with Crippen LogP contribution in [0, 0.1) is 10.1 Å². The fourth-order valence-corrected chi connectivity index (χ4v) is 3.55. The molecule has 33 heavy (non-hydrogen) atoms. The highest BCUT2D eigenvalue weighted by Gasteiger charge is 2.37.